The maximum Gasteiger partial charge on any atom is 0.166 e. The number of rotatable bonds is 7. The van der Waals surface area contributed by atoms with E-state index in [1.165, 1.54) is 22.0 Å². The highest BCUT2D eigenvalue weighted by atomic mass is 16.3. The van der Waals surface area contributed by atoms with Gasteiger partial charge in [0.15, 0.2) is 17.5 Å². The third kappa shape index (κ3) is 6.57. The normalized spacial score (nSPS) is 13.4. The van der Waals surface area contributed by atoms with Crippen LogP contribution in [0, 0.1) is 11.8 Å². The van der Waals surface area contributed by atoms with E-state index >= 15 is 0 Å². The topological polar surface area (TPSA) is 61.7 Å². The van der Waals surface area contributed by atoms with Gasteiger partial charge in [-0.3, -0.25) is 0 Å². The summed E-state index contributed by atoms with van der Waals surface area (Å²) in [4.78, 5) is 16.5. The maximum absolute atomic E-state index is 6.32. The van der Waals surface area contributed by atoms with Crippen LogP contribution in [0.2, 0.25) is 0 Å². The van der Waals surface area contributed by atoms with Crippen molar-refractivity contribution >= 4 is 82.8 Å². The molecule has 6 heteroatoms. The van der Waals surface area contributed by atoms with E-state index < -0.39 is 0 Å². The van der Waals surface area contributed by atoms with E-state index in [0.717, 1.165) is 118 Å². The average Bonchev–Trinajstić information content (AvgIpc) is 4.08. The van der Waals surface area contributed by atoms with E-state index in [1.807, 2.05) is 24.3 Å². The van der Waals surface area contributed by atoms with Crippen LogP contribution < -0.4 is 0 Å². The standard InChI is InChI=1S/C68H43N5O/c1-4-20-43(21-5-1)46-39-40-55(49-26-11-10-25-48(46)49)67-69-66(45-38-41-63-57(42-45)52-29-14-17-37-62(52)74-63)70-68(71-67)56-32-18-30-53-50-27-12-16-35-60(50)73(64(53)56)61-36-19-31-54-51-28-13-15-34-59(51)72(65(54)61)58-33-9-3-8-24-47(58)44-22-6-2-7-23-44/h1-2,4-8,10-15,17-32,34,36-42H,16,33,35H2. The van der Waals surface area contributed by atoms with Crippen LogP contribution in [0.25, 0.3) is 134 Å². The van der Waals surface area contributed by atoms with Crippen LogP contribution in [0.3, 0.4) is 0 Å². The smallest absolute Gasteiger partial charge is 0.166 e. The van der Waals surface area contributed by atoms with Crippen LogP contribution in [0.15, 0.2) is 223 Å². The van der Waals surface area contributed by atoms with Crippen molar-refractivity contribution in [2.45, 2.75) is 19.3 Å². The van der Waals surface area contributed by atoms with Gasteiger partial charge in [-0.15, -0.1) is 0 Å². The van der Waals surface area contributed by atoms with Crippen LogP contribution >= 0.6 is 0 Å². The molecule has 0 fully saturated rings. The second-order valence-electron chi connectivity index (χ2n) is 19.1. The highest BCUT2D eigenvalue weighted by Gasteiger charge is 2.28. The lowest BCUT2D eigenvalue weighted by Gasteiger charge is -2.20. The van der Waals surface area contributed by atoms with Crippen molar-refractivity contribution in [2.75, 3.05) is 0 Å². The predicted molar refractivity (Wildman–Crippen MR) is 305 cm³/mol. The Balaban J connectivity index is 1.03. The average molecular weight is 946 g/mol. The van der Waals surface area contributed by atoms with Crippen LogP contribution in [-0.4, -0.2) is 24.1 Å². The molecule has 0 atom stereocenters. The summed E-state index contributed by atoms with van der Waals surface area (Å²) in [5.41, 5.74) is 17.0. The van der Waals surface area contributed by atoms with Crippen molar-refractivity contribution < 1.29 is 4.42 Å². The Morgan fingerprint density at radius 1 is 0.446 bits per heavy atom. The minimum atomic E-state index is 0.579. The molecule has 2 aliphatic rings. The highest BCUT2D eigenvalue weighted by molar-refractivity contribution is 6.15. The van der Waals surface area contributed by atoms with Gasteiger partial charge < -0.3 is 13.6 Å². The zero-order valence-corrected chi connectivity index (χ0v) is 40.1. The van der Waals surface area contributed by atoms with Gasteiger partial charge in [-0.05, 0) is 101 Å². The Hall–Kier alpha value is -9.83. The number of fused-ring (bicyclic) bond motifs is 10. The first-order valence-corrected chi connectivity index (χ1v) is 25.3. The molecule has 15 rings (SSSR count). The number of allylic oxidation sites excluding steroid dienone is 5. The Labute approximate surface area is 426 Å². The summed E-state index contributed by atoms with van der Waals surface area (Å²) in [7, 11) is 0. The number of aromatic nitrogens is 5. The first-order valence-electron chi connectivity index (χ1n) is 25.3. The largest absolute Gasteiger partial charge is 0.456 e. The fourth-order valence-corrected chi connectivity index (χ4v) is 11.7. The van der Waals surface area contributed by atoms with Crippen LogP contribution in [0.5, 0.6) is 0 Å². The monoisotopic (exact) mass is 945 g/mol. The van der Waals surface area contributed by atoms with Gasteiger partial charge in [-0.25, -0.2) is 15.0 Å². The molecule has 0 bridgehead atoms. The summed E-state index contributed by atoms with van der Waals surface area (Å²) in [6.07, 6.45) is 11.2. The summed E-state index contributed by atoms with van der Waals surface area (Å²) in [6.45, 7) is 0. The summed E-state index contributed by atoms with van der Waals surface area (Å²) in [5.74, 6) is 8.58. The Kier molecular flexibility index (Phi) is 9.57. The lowest BCUT2D eigenvalue weighted by Crippen LogP contribution is -2.08. The van der Waals surface area contributed by atoms with Crippen molar-refractivity contribution in [1.82, 2.24) is 24.1 Å². The van der Waals surface area contributed by atoms with Gasteiger partial charge in [-0.2, -0.15) is 0 Å². The number of benzene rings is 9. The molecule has 0 N–H and O–H groups in total. The molecule has 0 saturated heterocycles. The molecule has 346 valence electrons. The Morgan fingerprint density at radius 3 is 1.96 bits per heavy atom. The van der Waals surface area contributed by atoms with E-state index in [2.05, 4.69) is 221 Å². The number of para-hydroxylation sites is 4. The first kappa shape index (κ1) is 41.9. The van der Waals surface area contributed by atoms with Gasteiger partial charge >= 0.3 is 0 Å². The number of furan rings is 1. The molecule has 9 aromatic carbocycles. The lowest BCUT2D eigenvalue weighted by molar-refractivity contribution is 0.669. The zero-order valence-electron chi connectivity index (χ0n) is 40.1. The highest BCUT2D eigenvalue weighted by Crippen LogP contribution is 2.45. The van der Waals surface area contributed by atoms with E-state index in [4.69, 9.17) is 19.4 Å². The molecule has 0 amide bonds. The molecule has 4 aromatic heterocycles. The molecule has 0 unspecified atom stereocenters. The number of hydrogen-bond acceptors (Lipinski definition) is 4. The van der Waals surface area contributed by atoms with Gasteiger partial charge in [0.1, 0.15) is 11.2 Å². The predicted octanol–water partition coefficient (Wildman–Crippen LogP) is 16.9. The van der Waals surface area contributed by atoms with E-state index in [0.29, 0.717) is 23.9 Å². The molecule has 4 heterocycles. The molecule has 0 spiro atoms. The minimum Gasteiger partial charge on any atom is -0.456 e. The van der Waals surface area contributed by atoms with Crippen molar-refractivity contribution in [3.63, 3.8) is 0 Å². The summed E-state index contributed by atoms with van der Waals surface area (Å²) >= 11 is 0. The van der Waals surface area contributed by atoms with Crippen LogP contribution in [0.1, 0.15) is 29.7 Å². The number of hydrogen-bond donors (Lipinski definition) is 0. The molecule has 74 heavy (non-hydrogen) atoms. The van der Waals surface area contributed by atoms with Gasteiger partial charge in [0.2, 0.25) is 0 Å². The molecular formula is C68H43N5O. The third-order valence-corrected chi connectivity index (χ3v) is 15.0. The van der Waals surface area contributed by atoms with Crippen molar-refractivity contribution in [2.24, 2.45) is 0 Å². The first-order chi connectivity index (χ1) is 36.7. The summed E-state index contributed by atoms with van der Waals surface area (Å²) in [5, 5.41) is 7.77. The van der Waals surface area contributed by atoms with E-state index in [-0.39, 0.29) is 0 Å². The van der Waals surface area contributed by atoms with Gasteiger partial charge in [0.25, 0.3) is 0 Å². The molecule has 0 radical (unpaired) electrons. The van der Waals surface area contributed by atoms with E-state index in [9.17, 15) is 0 Å². The quantitative estimate of drug-likeness (QED) is 0.149. The van der Waals surface area contributed by atoms with Crippen LogP contribution in [0.4, 0.5) is 0 Å². The SMILES string of the molecule is C1#CCC(n2c3ccccc3c3cccc(-n4c5c(c6cccc(-c7nc(-c8ccc9oc%10ccccc%10c9c8)nc(-c8ccc(-c9ccccc9)c9ccccc89)n7)c64)C=CCC5)c32)=C(c2ccccc2)C=C1. The Bertz CT molecular complexity index is 4630. The lowest BCUT2D eigenvalue weighted by atomic mass is 9.94. The van der Waals surface area contributed by atoms with E-state index in [1.54, 1.807) is 0 Å². The summed E-state index contributed by atoms with van der Waals surface area (Å²) < 4.78 is 11.3. The molecule has 13 aromatic rings. The Morgan fingerprint density at radius 2 is 1.11 bits per heavy atom. The fourth-order valence-electron chi connectivity index (χ4n) is 11.7. The third-order valence-electron chi connectivity index (χ3n) is 15.0. The molecule has 6 nitrogen and oxygen atoms in total. The second kappa shape index (κ2) is 16.9. The number of nitrogens with zero attached hydrogens (tertiary/aromatic N) is 5. The van der Waals surface area contributed by atoms with Gasteiger partial charge in [0.05, 0.1) is 28.7 Å². The van der Waals surface area contributed by atoms with Crippen molar-refractivity contribution in [3.8, 4) is 62.8 Å². The summed E-state index contributed by atoms with van der Waals surface area (Å²) in [6, 6.07) is 70.9. The minimum absolute atomic E-state index is 0.579. The maximum atomic E-state index is 6.32. The zero-order chi connectivity index (χ0) is 48.7. The molecule has 0 saturated carbocycles. The molecule has 0 aliphatic heterocycles. The van der Waals surface area contributed by atoms with Crippen molar-refractivity contribution in [3.05, 3.63) is 235 Å². The van der Waals surface area contributed by atoms with Crippen molar-refractivity contribution in [1.29, 1.82) is 0 Å². The second-order valence-corrected chi connectivity index (χ2v) is 19.1. The fraction of sp³-hybridized carbons (Fsp3) is 0.0441. The molecule has 2 aliphatic carbocycles. The molecular weight excluding hydrogens is 903 g/mol. The van der Waals surface area contributed by atoms with Gasteiger partial charge in [-0.1, -0.05) is 176 Å². The van der Waals surface area contributed by atoms with Gasteiger partial charge in [0, 0.05) is 66.1 Å². The van der Waals surface area contributed by atoms with Crippen LogP contribution in [-0.2, 0) is 6.42 Å².